The van der Waals surface area contributed by atoms with Crippen molar-refractivity contribution < 1.29 is 9.59 Å². The number of rotatable bonds is 3. The Hall–Kier alpha value is -2.69. The molecule has 2 amide bonds. The zero-order chi connectivity index (χ0) is 19.7. The van der Waals surface area contributed by atoms with E-state index in [0.717, 1.165) is 37.9 Å². The fourth-order valence-corrected chi connectivity index (χ4v) is 4.53. The smallest absolute Gasteiger partial charge is 0.272 e. The molecule has 4 rings (SSSR count). The van der Waals surface area contributed by atoms with Crippen LogP contribution in [0.4, 0.5) is 5.69 Å². The van der Waals surface area contributed by atoms with Gasteiger partial charge in [-0.25, -0.2) is 0 Å². The van der Waals surface area contributed by atoms with Crippen molar-refractivity contribution in [1.29, 1.82) is 0 Å². The number of carbonyl (C=O) groups is 2. The second-order valence-electron chi connectivity index (χ2n) is 7.84. The number of para-hydroxylation sites is 1. The van der Waals surface area contributed by atoms with E-state index in [0.29, 0.717) is 11.3 Å². The maximum absolute atomic E-state index is 13.3. The molecule has 146 valence electrons. The first-order chi connectivity index (χ1) is 13.6. The number of nitrogens with zero attached hydrogens (tertiary/aromatic N) is 3. The number of piperidine rings is 1. The zero-order valence-corrected chi connectivity index (χ0v) is 16.6. The van der Waals surface area contributed by atoms with Gasteiger partial charge in [-0.15, -0.1) is 0 Å². The van der Waals surface area contributed by atoms with Crippen molar-refractivity contribution >= 4 is 17.5 Å². The monoisotopic (exact) mass is 377 g/mol. The molecule has 0 aliphatic carbocycles. The molecule has 5 heteroatoms. The Labute approximate surface area is 166 Å². The van der Waals surface area contributed by atoms with Crippen molar-refractivity contribution in [3.8, 4) is 0 Å². The molecule has 1 aromatic carbocycles. The average Bonchev–Trinajstić information content (AvgIpc) is 3.08. The van der Waals surface area contributed by atoms with Gasteiger partial charge >= 0.3 is 0 Å². The number of hydrogen-bond acceptors (Lipinski definition) is 3. The summed E-state index contributed by atoms with van der Waals surface area (Å²) in [5.41, 5.74) is 3.04. The van der Waals surface area contributed by atoms with E-state index in [1.807, 2.05) is 28.0 Å². The SMILES string of the molecule is CCC1CCCCN1C(=O)c1cc(C(=O)N2c3ccccc3CC2C)ccn1. The van der Waals surface area contributed by atoms with E-state index in [1.165, 1.54) is 12.0 Å². The van der Waals surface area contributed by atoms with Crippen LogP contribution in [0.25, 0.3) is 0 Å². The van der Waals surface area contributed by atoms with Crippen LogP contribution in [0.1, 0.15) is 65.9 Å². The van der Waals surface area contributed by atoms with Crippen LogP contribution in [0, 0.1) is 0 Å². The molecule has 0 spiro atoms. The van der Waals surface area contributed by atoms with Gasteiger partial charge < -0.3 is 9.80 Å². The Morgan fingerprint density at radius 1 is 1.14 bits per heavy atom. The second-order valence-corrected chi connectivity index (χ2v) is 7.84. The van der Waals surface area contributed by atoms with E-state index in [-0.39, 0.29) is 23.9 Å². The molecule has 28 heavy (non-hydrogen) atoms. The Bertz CT molecular complexity index is 895. The lowest BCUT2D eigenvalue weighted by Gasteiger charge is -2.35. The van der Waals surface area contributed by atoms with Crippen molar-refractivity contribution in [3.05, 3.63) is 59.4 Å². The van der Waals surface area contributed by atoms with Gasteiger partial charge in [-0.2, -0.15) is 0 Å². The van der Waals surface area contributed by atoms with Crippen molar-refractivity contribution in [3.63, 3.8) is 0 Å². The van der Waals surface area contributed by atoms with Crippen LogP contribution in [-0.2, 0) is 6.42 Å². The molecule has 5 nitrogen and oxygen atoms in total. The van der Waals surface area contributed by atoms with Crippen LogP contribution >= 0.6 is 0 Å². The quantitative estimate of drug-likeness (QED) is 0.810. The lowest BCUT2D eigenvalue weighted by molar-refractivity contribution is 0.0602. The maximum atomic E-state index is 13.3. The van der Waals surface area contributed by atoms with E-state index >= 15 is 0 Å². The molecule has 0 radical (unpaired) electrons. The standard InChI is InChI=1S/C23H27N3O2/c1-3-19-9-6-7-13-25(19)23(28)20-15-18(11-12-24-20)22(27)26-16(2)14-17-8-4-5-10-21(17)26/h4-5,8,10-12,15-16,19H,3,6-7,9,13-14H2,1-2H3. The lowest BCUT2D eigenvalue weighted by atomic mass is 9.99. The molecule has 0 bridgehead atoms. The molecule has 2 atom stereocenters. The van der Waals surface area contributed by atoms with Crippen molar-refractivity contribution in [2.45, 2.75) is 58.0 Å². The number of benzene rings is 1. The van der Waals surface area contributed by atoms with E-state index < -0.39 is 0 Å². The molecule has 2 aliphatic heterocycles. The van der Waals surface area contributed by atoms with Crippen molar-refractivity contribution in [2.24, 2.45) is 0 Å². The minimum atomic E-state index is -0.0698. The second kappa shape index (κ2) is 7.74. The molecular weight excluding hydrogens is 350 g/mol. The predicted molar refractivity (Wildman–Crippen MR) is 110 cm³/mol. The van der Waals surface area contributed by atoms with E-state index in [1.54, 1.807) is 18.3 Å². The highest BCUT2D eigenvalue weighted by molar-refractivity contribution is 6.08. The molecule has 2 aliphatic rings. The summed E-state index contributed by atoms with van der Waals surface area (Å²) in [5, 5.41) is 0. The zero-order valence-electron chi connectivity index (χ0n) is 16.6. The Kier molecular flexibility index (Phi) is 5.16. The number of hydrogen-bond donors (Lipinski definition) is 0. The summed E-state index contributed by atoms with van der Waals surface area (Å²) in [6, 6.07) is 11.8. The maximum Gasteiger partial charge on any atom is 0.272 e. The Morgan fingerprint density at radius 3 is 2.79 bits per heavy atom. The van der Waals surface area contributed by atoms with E-state index in [9.17, 15) is 9.59 Å². The summed E-state index contributed by atoms with van der Waals surface area (Å²) in [7, 11) is 0. The predicted octanol–water partition coefficient (Wildman–Crippen LogP) is 4.08. The van der Waals surface area contributed by atoms with Gasteiger partial charge in [0.05, 0.1) is 0 Å². The van der Waals surface area contributed by atoms with Gasteiger partial charge in [0.1, 0.15) is 5.69 Å². The average molecular weight is 377 g/mol. The number of fused-ring (bicyclic) bond motifs is 1. The van der Waals surface area contributed by atoms with Crippen LogP contribution in [0.3, 0.4) is 0 Å². The third kappa shape index (κ3) is 3.30. The molecule has 2 aromatic rings. The van der Waals surface area contributed by atoms with Gasteiger partial charge in [0.25, 0.3) is 11.8 Å². The summed E-state index contributed by atoms with van der Waals surface area (Å²) >= 11 is 0. The third-order valence-electron chi connectivity index (χ3n) is 6.01. The largest absolute Gasteiger partial charge is 0.334 e. The highest BCUT2D eigenvalue weighted by Crippen LogP contribution is 2.33. The minimum absolute atomic E-state index is 0.0592. The lowest BCUT2D eigenvalue weighted by Crippen LogP contribution is -2.43. The molecule has 0 saturated carbocycles. The molecule has 0 N–H and O–H groups in total. The fraction of sp³-hybridized carbons (Fsp3) is 0.435. The van der Waals surface area contributed by atoms with Crippen LogP contribution < -0.4 is 4.90 Å². The van der Waals surface area contributed by atoms with Gasteiger partial charge in [0, 0.05) is 36.1 Å². The highest BCUT2D eigenvalue weighted by atomic mass is 16.2. The normalized spacial score (nSPS) is 21.5. The van der Waals surface area contributed by atoms with Crippen LogP contribution in [-0.4, -0.2) is 40.3 Å². The number of likely N-dealkylation sites (tertiary alicyclic amines) is 1. The van der Waals surface area contributed by atoms with Gasteiger partial charge in [-0.3, -0.25) is 14.6 Å². The van der Waals surface area contributed by atoms with Gasteiger partial charge in [-0.05, 0) is 62.8 Å². The van der Waals surface area contributed by atoms with Gasteiger partial charge in [0.15, 0.2) is 0 Å². The molecule has 1 fully saturated rings. The summed E-state index contributed by atoms with van der Waals surface area (Å²) in [6.07, 6.45) is 6.63. The number of aromatic nitrogens is 1. The third-order valence-corrected chi connectivity index (χ3v) is 6.01. The number of anilines is 1. The summed E-state index contributed by atoms with van der Waals surface area (Å²) in [4.78, 5) is 34.4. The van der Waals surface area contributed by atoms with Crippen LogP contribution in [0.15, 0.2) is 42.6 Å². The summed E-state index contributed by atoms with van der Waals surface area (Å²) in [6.45, 7) is 4.95. The molecule has 3 heterocycles. The van der Waals surface area contributed by atoms with E-state index in [4.69, 9.17) is 0 Å². The minimum Gasteiger partial charge on any atom is -0.334 e. The van der Waals surface area contributed by atoms with Crippen LogP contribution in [0.5, 0.6) is 0 Å². The number of carbonyl (C=O) groups excluding carboxylic acids is 2. The van der Waals surface area contributed by atoms with Crippen molar-refractivity contribution in [1.82, 2.24) is 9.88 Å². The topological polar surface area (TPSA) is 53.5 Å². The first-order valence-electron chi connectivity index (χ1n) is 10.3. The fourth-order valence-electron chi connectivity index (χ4n) is 4.53. The number of amides is 2. The first-order valence-corrected chi connectivity index (χ1v) is 10.3. The number of pyridine rings is 1. The van der Waals surface area contributed by atoms with Gasteiger partial charge in [0.2, 0.25) is 0 Å². The molecule has 2 unspecified atom stereocenters. The van der Waals surface area contributed by atoms with Crippen LogP contribution in [0.2, 0.25) is 0 Å². The summed E-state index contributed by atoms with van der Waals surface area (Å²) in [5.74, 6) is -0.129. The van der Waals surface area contributed by atoms with Gasteiger partial charge in [-0.1, -0.05) is 25.1 Å². The van der Waals surface area contributed by atoms with Crippen molar-refractivity contribution in [2.75, 3.05) is 11.4 Å². The Balaban J connectivity index is 1.60. The summed E-state index contributed by atoms with van der Waals surface area (Å²) < 4.78 is 0. The highest BCUT2D eigenvalue weighted by Gasteiger charge is 2.32. The first kappa shape index (κ1) is 18.7. The molecule has 1 aromatic heterocycles. The Morgan fingerprint density at radius 2 is 1.96 bits per heavy atom. The van der Waals surface area contributed by atoms with E-state index in [2.05, 4.69) is 24.9 Å². The molecule has 1 saturated heterocycles. The molecular formula is C23H27N3O2.